The Morgan fingerprint density at radius 1 is 1.50 bits per heavy atom. The minimum Gasteiger partial charge on any atom is -0.467 e. The molecule has 4 heteroatoms. The molecule has 0 fully saturated rings. The maximum absolute atomic E-state index is 5.22. The van der Waals surface area contributed by atoms with Crippen molar-refractivity contribution in [2.24, 2.45) is 0 Å². The van der Waals surface area contributed by atoms with Crippen LogP contribution in [-0.4, -0.2) is 23.1 Å². The molecule has 0 aromatic carbocycles. The molecule has 3 nitrogen and oxygen atoms in total. The van der Waals surface area contributed by atoms with Crippen molar-refractivity contribution in [2.75, 3.05) is 13.1 Å². The quantitative estimate of drug-likeness (QED) is 0.773. The van der Waals surface area contributed by atoms with E-state index in [2.05, 4.69) is 24.1 Å². The fraction of sp³-hybridized carbons (Fsp3) is 0.500. The Hall–Kier alpha value is -1.03. The number of rotatable bonds is 4. The molecule has 0 unspecified atom stereocenters. The number of nitrogens with zero attached hydrogens (tertiary/aromatic N) is 1. The van der Waals surface area contributed by atoms with E-state index in [0.29, 0.717) is 6.54 Å². The average Bonchev–Trinajstić information content (AvgIpc) is 2.69. The SMILES string of the molecule is CCN(CC)C(=S)NCc1ccco1. The van der Waals surface area contributed by atoms with Crippen LogP contribution in [0, 0.1) is 0 Å². The van der Waals surface area contributed by atoms with Gasteiger partial charge >= 0.3 is 0 Å². The molecule has 78 valence electrons. The molecule has 1 heterocycles. The molecule has 1 rings (SSSR count). The monoisotopic (exact) mass is 212 g/mol. The summed E-state index contributed by atoms with van der Waals surface area (Å²) in [5, 5.41) is 3.93. The van der Waals surface area contributed by atoms with Crippen LogP contribution in [0.25, 0.3) is 0 Å². The molecule has 0 aliphatic heterocycles. The standard InChI is InChI=1S/C10H16N2OS/c1-3-12(4-2)10(14)11-8-9-6-5-7-13-9/h5-7H,3-4,8H2,1-2H3,(H,11,14). The summed E-state index contributed by atoms with van der Waals surface area (Å²) in [4.78, 5) is 2.10. The van der Waals surface area contributed by atoms with E-state index in [0.717, 1.165) is 24.0 Å². The third-order valence-electron chi connectivity index (χ3n) is 2.04. The topological polar surface area (TPSA) is 28.4 Å². The highest BCUT2D eigenvalue weighted by Crippen LogP contribution is 1.99. The molecule has 0 atom stereocenters. The van der Waals surface area contributed by atoms with Crippen molar-refractivity contribution >= 4 is 17.3 Å². The van der Waals surface area contributed by atoms with Crippen molar-refractivity contribution in [3.8, 4) is 0 Å². The van der Waals surface area contributed by atoms with E-state index < -0.39 is 0 Å². The van der Waals surface area contributed by atoms with Crippen molar-refractivity contribution in [2.45, 2.75) is 20.4 Å². The lowest BCUT2D eigenvalue weighted by atomic mass is 10.4. The minimum atomic E-state index is 0.655. The van der Waals surface area contributed by atoms with Crippen LogP contribution in [0.1, 0.15) is 19.6 Å². The van der Waals surface area contributed by atoms with E-state index >= 15 is 0 Å². The van der Waals surface area contributed by atoms with Crippen molar-refractivity contribution in [1.29, 1.82) is 0 Å². The molecule has 1 aromatic heterocycles. The van der Waals surface area contributed by atoms with E-state index in [9.17, 15) is 0 Å². The Morgan fingerprint density at radius 3 is 2.71 bits per heavy atom. The van der Waals surface area contributed by atoms with Crippen LogP contribution in [-0.2, 0) is 6.54 Å². The first-order valence-electron chi connectivity index (χ1n) is 4.83. The van der Waals surface area contributed by atoms with E-state index in [-0.39, 0.29) is 0 Å². The van der Waals surface area contributed by atoms with Gasteiger partial charge in [-0.05, 0) is 38.2 Å². The number of hydrogen-bond donors (Lipinski definition) is 1. The molecule has 1 N–H and O–H groups in total. The molecule has 0 amide bonds. The third kappa shape index (κ3) is 3.03. The average molecular weight is 212 g/mol. The molecule has 0 bridgehead atoms. The van der Waals surface area contributed by atoms with Crippen LogP contribution < -0.4 is 5.32 Å². The minimum absolute atomic E-state index is 0.655. The summed E-state index contributed by atoms with van der Waals surface area (Å²) in [6, 6.07) is 3.80. The van der Waals surface area contributed by atoms with Crippen LogP contribution in [0.15, 0.2) is 22.8 Å². The number of nitrogens with one attached hydrogen (secondary N) is 1. The van der Waals surface area contributed by atoms with Gasteiger partial charge in [-0.3, -0.25) is 0 Å². The van der Waals surface area contributed by atoms with Gasteiger partial charge in [-0.25, -0.2) is 0 Å². The zero-order valence-electron chi connectivity index (χ0n) is 8.62. The molecule has 0 radical (unpaired) electrons. The van der Waals surface area contributed by atoms with E-state index in [4.69, 9.17) is 16.6 Å². The van der Waals surface area contributed by atoms with Crippen LogP contribution in [0.4, 0.5) is 0 Å². The first kappa shape index (κ1) is 11.0. The lowest BCUT2D eigenvalue weighted by Gasteiger charge is -2.21. The van der Waals surface area contributed by atoms with Gasteiger partial charge in [-0.1, -0.05) is 0 Å². The lowest BCUT2D eigenvalue weighted by Crippen LogP contribution is -2.38. The summed E-state index contributed by atoms with van der Waals surface area (Å²) in [6.45, 7) is 6.69. The van der Waals surface area contributed by atoms with Gasteiger partial charge in [0.2, 0.25) is 0 Å². The Labute approximate surface area is 90.1 Å². The predicted molar refractivity (Wildman–Crippen MR) is 61.1 cm³/mol. The van der Waals surface area contributed by atoms with Crippen molar-refractivity contribution in [1.82, 2.24) is 10.2 Å². The fourth-order valence-electron chi connectivity index (χ4n) is 1.20. The van der Waals surface area contributed by atoms with E-state index in [1.54, 1.807) is 6.26 Å². The van der Waals surface area contributed by atoms with E-state index in [1.165, 1.54) is 0 Å². The molecule has 1 aromatic rings. The maximum atomic E-state index is 5.22. The molecular formula is C10H16N2OS. The first-order valence-corrected chi connectivity index (χ1v) is 5.23. The van der Waals surface area contributed by atoms with Crippen LogP contribution in [0.3, 0.4) is 0 Å². The smallest absolute Gasteiger partial charge is 0.169 e. The molecule has 0 spiro atoms. The summed E-state index contributed by atoms with van der Waals surface area (Å²) in [7, 11) is 0. The second-order valence-corrected chi connectivity index (χ2v) is 3.30. The normalized spacial score (nSPS) is 9.86. The molecule has 14 heavy (non-hydrogen) atoms. The van der Waals surface area contributed by atoms with Gasteiger partial charge in [0.25, 0.3) is 0 Å². The zero-order chi connectivity index (χ0) is 10.4. The van der Waals surface area contributed by atoms with Crippen molar-refractivity contribution in [3.63, 3.8) is 0 Å². The van der Waals surface area contributed by atoms with Gasteiger partial charge in [-0.2, -0.15) is 0 Å². The predicted octanol–water partition coefficient (Wildman–Crippen LogP) is 2.00. The highest BCUT2D eigenvalue weighted by molar-refractivity contribution is 7.80. The summed E-state index contributed by atoms with van der Waals surface area (Å²) in [6.07, 6.45) is 1.66. The molecule has 0 aliphatic rings. The van der Waals surface area contributed by atoms with Crippen molar-refractivity contribution in [3.05, 3.63) is 24.2 Å². The highest BCUT2D eigenvalue weighted by Gasteiger charge is 2.04. The number of hydrogen-bond acceptors (Lipinski definition) is 2. The summed E-state index contributed by atoms with van der Waals surface area (Å²) < 4.78 is 5.19. The zero-order valence-corrected chi connectivity index (χ0v) is 9.43. The second-order valence-electron chi connectivity index (χ2n) is 2.91. The summed E-state index contributed by atoms with van der Waals surface area (Å²) >= 11 is 5.22. The van der Waals surface area contributed by atoms with Gasteiger partial charge in [-0.15, -0.1) is 0 Å². The summed E-state index contributed by atoms with van der Waals surface area (Å²) in [5.74, 6) is 0.902. The number of thiocarbonyl (C=S) groups is 1. The largest absolute Gasteiger partial charge is 0.467 e. The molecule has 0 saturated carbocycles. The second kappa shape index (κ2) is 5.65. The Bertz CT molecular complexity index is 268. The van der Waals surface area contributed by atoms with E-state index in [1.807, 2.05) is 12.1 Å². The molecular weight excluding hydrogens is 196 g/mol. The fourth-order valence-corrected chi connectivity index (χ4v) is 1.53. The van der Waals surface area contributed by atoms with Gasteiger partial charge in [0.1, 0.15) is 5.76 Å². The maximum Gasteiger partial charge on any atom is 0.169 e. The van der Waals surface area contributed by atoms with Gasteiger partial charge in [0.15, 0.2) is 5.11 Å². The lowest BCUT2D eigenvalue weighted by molar-refractivity contribution is 0.445. The molecule has 0 saturated heterocycles. The van der Waals surface area contributed by atoms with Crippen molar-refractivity contribution < 1.29 is 4.42 Å². The van der Waals surface area contributed by atoms with Gasteiger partial charge in [0, 0.05) is 13.1 Å². The highest BCUT2D eigenvalue weighted by atomic mass is 32.1. The van der Waals surface area contributed by atoms with Crippen LogP contribution in [0.5, 0.6) is 0 Å². The van der Waals surface area contributed by atoms with Gasteiger partial charge < -0.3 is 14.6 Å². The Morgan fingerprint density at radius 2 is 2.21 bits per heavy atom. The Kier molecular flexibility index (Phi) is 4.46. The van der Waals surface area contributed by atoms with Crippen LogP contribution in [0.2, 0.25) is 0 Å². The van der Waals surface area contributed by atoms with Crippen LogP contribution >= 0.6 is 12.2 Å². The first-order chi connectivity index (χ1) is 6.77. The van der Waals surface area contributed by atoms with Gasteiger partial charge in [0.05, 0.1) is 12.8 Å². The summed E-state index contributed by atoms with van der Waals surface area (Å²) in [5.41, 5.74) is 0. The Balaban J connectivity index is 2.34. The third-order valence-corrected chi connectivity index (χ3v) is 2.45. The molecule has 0 aliphatic carbocycles. The number of furan rings is 1.